The second-order valence-corrected chi connectivity index (χ2v) is 9.87. The zero-order valence-corrected chi connectivity index (χ0v) is 17.7. The van der Waals surface area contributed by atoms with Crippen molar-refractivity contribution in [3.63, 3.8) is 0 Å². The van der Waals surface area contributed by atoms with Crippen molar-refractivity contribution in [3.8, 4) is 17.3 Å². The van der Waals surface area contributed by atoms with Gasteiger partial charge < -0.3 is 4.57 Å². The monoisotopic (exact) mass is 491 g/mol. The molecule has 0 aliphatic heterocycles. The van der Waals surface area contributed by atoms with Crippen LogP contribution < -0.4 is 4.72 Å². The van der Waals surface area contributed by atoms with E-state index in [2.05, 4.69) is 44.9 Å². The molecule has 0 saturated heterocycles. The highest BCUT2D eigenvalue weighted by atomic mass is 127. The molecule has 2 aromatic carbocycles. The van der Waals surface area contributed by atoms with Crippen LogP contribution in [0, 0.1) is 14.9 Å². The van der Waals surface area contributed by atoms with Gasteiger partial charge in [-0.3, -0.25) is 4.72 Å². The van der Waals surface area contributed by atoms with Crippen molar-refractivity contribution in [1.82, 2.24) is 4.57 Å². The van der Waals surface area contributed by atoms with E-state index in [4.69, 9.17) is 0 Å². The van der Waals surface area contributed by atoms with Gasteiger partial charge in [0, 0.05) is 26.7 Å². The molecule has 1 saturated carbocycles. The normalized spacial score (nSPS) is 14.3. The fourth-order valence-electron chi connectivity index (χ4n) is 3.39. The zero-order valence-electron chi connectivity index (χ0n) is 14.7. The minimum atomic E-state index is -3.28. The Labute approximate surface area is 172 Å². The first-order valence-electron chi connectivity index (χ1n) is 8.78. The number of aromatic nitrogens is 1. The number of rotatable bonds is 5. The SMILES string of the molecule is CCn1c(-c2ccc(NS(=O)(=O)C3CC3)cc2)c(C#N)c2cc(I)ccc21. The van der Waals surface area contributed by atoms with E-state index in [1.165, 1.54) is 0 Å². The molecule has 1 aliphatic carbocycles. The lowest BCUT2D eigenvalue weighted by atomic mass is 10.1. The summed E-state index contributed by atoms with van der Waals surface area (Å²) < 4.78 is 30.1. The highest BCUT2D eigenvalue weighted by molar-refractivity contribution is 14.1. The summed E-state index contributed by atoms with van der Waals surface area (Å²) in [6, 6.07) is 15.7. The lowest BCUT2D eigenvalue weighted by molar-refractivity contribution is 0.600. The van der Waals surface area contributed by atoms with E-state index in [0.717, 1.165) is 45.1 Å². The molecule has 1 aromatic heterocycles. The summed E-state index contributed by atoms with van der Waals surface area (Å²) in [5, 5.41) is 10.5. The second-order valence-electron chi connectivity index (χ2n) is 6.66. The summed E-state index contributed by atoms with van der Waals surface area (Å²) in [6.07, 6.45) is 1.46. The summed E-state index contributed by atoms with van der Waals surface area (Å²) >= 11 is 2.25. The fourth-order valence-corrected chi connectivity index (χ4v) is 5.27. The van der Waals surface area contributed by atoms with E-state index in [-0.39, 0.29) is 5.25 Å². The minimum Gasteiger partial charge on any atom is -0.340 e. The van der Waals surface area contributed by atoms with Gasteiger partial charge in [-0.2, -0.15) is 5.26 Å². The van der Waals surface area contributed by atoms with Gasteiger partial charge in [0.2, 0.25) is 10.0 Å². The van der Waals surface area contributed by atoms with Crippen LogP contribution in [0.15, 0.2) is 42.5 Å². The quantitative estimate of drug-likeness (QED) is 0.526. The molecule has 1 N–H and O–H groups in total. The second kappa shape index (κ2) is 6.84. The molecule has 1 fully saturated rings. The molecule has 0 spiro atoms. The molecular formula is C20H18IN3O2S. The highest BCUT2D eigenvalue weighted by Crippen LogP contribution is 2.35. The Bertz CT molecular complexity index is 1170. The molecule has 5 nitrogen and oxygen atoms in total. The Morgan fingerprint density at radius 3 is 2.52 bits per heavy atom. The molecule has 7 heteroatoms. The third kappa shape index (κ3) is 3.32. The van der Waals surface area contributed by atoms with Gasteiger partial charge >= 0.3 is 0 Å². The number of nitrogens with one attached hydrogen (secondary N) is 1. The number of benzene rings is 2. The van der Waals surface area contributed by atoms with E-state index < -0.39 is 10.0 Å². The van der Waals surface area contributed by atoms with Gasteiger partial charge in [-0.1, -0.05) is 12.1 Å². The highest BCUT2D eigenvalue weighted by Gasteiger charge is 2.35. The largest absolute Gasteiger partial charge is 0.340 e. The van der Waals surface area contributed by atoms with Gasteiger partial charge in [-0.25, -0.2) is 8.42 Å². The molecule has 1 aliphatic rings. The van der Waals surface area contributed by atoms with Crippen LogP contribution in [0.2, 0.25) is 0 Å². The first-order chi connectivity index (χ1) is 12.9. The molecule has 0 amide bonds. The lowest BCUT2D eigenvalue weighted by Gasteiger charge is -2.11. The molecule has 4 rings (SSSR count). The molecule has 0 radical (unpaired) electrons. The number of aryl methyl sites for hydroxylation is 1. The molecular weight excluding hydrogens is 473 g/mol. The third-order valence-electron chi connectivity index (χ3n) is 4.84. The predicted octanol–water partition coefficient (Wildman–Crippen LogP) is 4.71. The van der Waals surface area contributed by atoms with Gasteiger partial charge in [-0.15, -0.1) is 0 Å². The van der Waals surface area contributed by atoms with Crippen molar-refractivity contribution in [1.29, 1.82) is 5.26 Å². The third-order valence-corrected chi connectivity index (χ3v) is 7.38. The van der Waals surface area contributed by atoms with Crippen LogP contribution in [0.25, 0.3) is 22.2 Å². The molecule has 0 bridgehead atoms. The van der Waals surface area contributed by atoms with E-state index >= 15 is 0 Å². The summed E-state index contributed by atoms with van der Waals surface area (Å²) in [4.78, 5) is 0. The van der Waals surface area contributed by atoms with Crippen molar-refractivity contribution >= 4 is 49.2 Å². The molecule has 1 heterocycles. The first-order valence-corrected chi connectivity index (χ1v) is 11.4. The fraction of sp³-hybridized carbons (Fsp3) is 0.250. The summed E-state index contributed by atoms with van der Waals surface area (Å²) in [5.74, 6) is 0. The van der Waals surface area contributed by atoms with Crippen LogP contribution in [0.5, 0.6) is 0 Å². The van der Waals surface area contributed by atoms with E-state index in [0.29, 0.717) is 11.3 Å². The van der Waals surface area contributed by atoms with E-state index in [1.54, 1.807) is 12.1 Å². The molecule has 27 heavy (non-hydrogen) atoms. The minimum absolute atomic E-state index is 0.257. The van der Waals surface area contributed by atoms with Crippen LogP contribution in [0.4, 0.5) is 5.69 Å². The smallest absolute Gasteiger partial charge is 0.235 e. The number of anilines is 1. The Kier molecular flexibility index (Phi) is 4.64. The van der Waals surface area contributed by atoms with Crippen molar-refractivity contribution in [2.45, 2.75) is 31.6 Å². The Morgan fingerprint density at radius 2 is 1.93 bits per heavy atom. The van der Waals surface area contributed by atoms with Crippen LogP contribution >= 0.6 is 22.6 Å². The van der Waals surface area contributed by atoms with Crippen LogP contribution in [-0.2, 0) is 16.6 Å². The van der Waals surface area contributed by atoms with Gasteiger partial charge in [0.25, 0.3) is 0 Å². The van der Waals surface area contributed by atoms with Crippen LogP contribution in [0.3, 0.4) is 0 Å². The van der Waals surface area contributed by atoms with Gasteiger partial charge in [-0.05, 0) is 78.3 Å². The lowest BCUT2D eigenvalue weighted by Crippen LogP contribution is -2.17. The Balaban J connectivity index is 1.79. The Hall–Kier alpha value is -2.05. The molecule has 0 unspecified atom stereocenters. The average Bonchev–Trinajstić information content (AvgIpc) is 3.45. The summed E-state index contributed by atoms with van der Waals surface area (Å²) in [5.41, 5.74) is 4.00. The summed E-state index contributed by atoms with van der Waals surface area (Å²) in [6.45, 7) is 2.80. The van der Waals surface area contributed by atoms with Gasteiger partial charge in [0.15, 0.2) is 0 Å². The van der Waals surface area contributed by atoms with E-state index in [9.17, 15) is 13.7 Å². The predicted molar refractivity (Wildman–Crippen MR) is 116 cm³/mol. The van der Waals surface area contributed by atoms with Crippen molar-refractivity contribution in [2.24, 2.45) is 0 Å². The summed E-state index contributed by atoms with van der Waals surface area (Å²) in [7, 11) is -3.28. The Morgan fingerprint density at radius 1 is 1.22 bits per heavy atom. The van der Waals surface area contributed by atoms with Crippen molar-refractivity contribution in [3.05, 3.63) is 51.6 Å². The number of hydrogen-bond donors (Lipinski definition) is 1. The van der Waals surface area contributed by atoms with Crippen LogP contribution in [-0.4, -0.2) is 18.2 Å². The molecule has 0 atom stereocenters. The maximum absolute atomic E-state index is 12.1. The standard InChI is InChI=1S/C20H18IN3O2S/c1-2-24-19-10-5-14(21)11-17(19)18(12-22)20(24)13-3-6-15(7-4-13)23-27(25,26)16-8-9-16/h3-7,10-11,16,23H,2,8-9H2,1H3. The molecule has 138 valence electrons. The first kappa shape index (κ1) is 18.3. The maximum Gasteiger partial charge on any atom is 0.235 e. The number of halogens is 1. The topological polar surface area (TPSA) is 74.9 Å². The maximum atomic E-state index is 12.1. The van der Waals surface area contributed by atoms with Crippen molar-refractivity contribution in [2.75, 3.05) is 4.72 Å². The average molecular weight is 491 g/mol. The number of hydrogen-bond acceptors (Lipinski definition) is 3. The van der Waals surface area contributed by atoms with Gasteiger partial charge in [0.05, 0.1) is 16.5 Å². The van der Waals surface area contributed by atoms with Crippen molar-refractivity contribution < 1.29 is 8.42 Å². The van der Waals surface area contributed by atoms with Gasteiger partial charge in [0.1, 0.15) is 6.07 Å². The zero-order chi connectivity index (χ0) is 19.2. The number of nitriles is 1. The van der Waals surface area contributed by atoms with Crippen LogP contribution in [0.1, 0.15) is 25.3 Å². The number of sulfonamides is 1. The number of nitrogens with zero attached hydrogens (tertiary/aromatic N) is 2. The number of fused-ring (bicyclic) bond motifs is 1. The van der Waals surface area contributed by atoms with E-state index in [1.807, 2.05) is 30.3 Å². The molecule has 3 aromatic rings.